The molecule has 0 atom stereocenters. The largest absolute Gasteiger partial charge is 0.314 e. The van der Waals surface area contributed by atoms with Crippen molar-refractivity contribution in [2.24, 2.45) is 0 Å². The lowest BCUT2D eigenvalue weighted by molar-refractivity contribution is 0.775. The molecule has 0 spiro atoms. The van der Waals surface area contributed by atoms with E-state index in [9.17, 15) is 0 Å². The fourth-order valence-electron chi connectivity index (χ4n) is 1.38. The second-order valence-corrected chi connectivity index (χ2v) is 3.93. The first-order chi connectivity index (χ1) is 6.72. The van der Waals surface area contributed by atoms with Gasteiger partial charge in [0.05, 0.1) is 5.69 Å². The molecule has 0 saturated carbocycles. The van der Waals surface area contributed by atoms with Crippen LogP contribution in [0.5, 0.6) is 0 Å². The van der Waals surface area contributed by atoms with Crippen molar-refractivity contribution in [2.45, 2.75) is 13.5 Å². The zero-order valence-electron chi connectivity index (χ0n) is 8.08. The van der Waals surface area contributed by atoms with Crippen LogP contribution < -0.4 is 5.32 Å². The normalized spacial score (nSPS) is 11.1. The van der Waals surface area contributed by atoms with Gasteiger partial charge in [-0.1, -0.05) is 0 Å². The summed E-state index contributed by atoms with van der Waals surface area (Å²) in [6.07, 6.45) is 3.85. The Bertz CT molecular complexity index is 463. The molecule has 0 radical (unpaired) electrons. The second-order valence-electron chi connectivity index (χ2n) is 3.18. The van der Waals surface area contributed by atoms with Crippen LogP contribution in [0.3, 0.4) is 0 Å². The lowest BCUT2D eigenvalue weighted by Gasteiger charge is -2.01. The number of nitrogens with zero attached hydrogens (tertiary/aromatic N) is 3. The molecule has 0 aliphatic heterocycles. The van der Waals surface area contributed by atoms with Crippen LogP contribution in [-0.2, 0) is 6.54 Å². The molecule has 0 aliphatic carbocycles. The molecular weight excluding hydrogens is 244 g/mol. The van der Waals surface area contributed by atoms with Gasteiger partial charge in [0.2, 0.25) is 5.78 Å². The van der Waals surface area contributed by atoms with Gasteiger partial charge in [-0.3, -0.25) is 4.40 Å². The minimum absolute atomic E-state index is 0.729. The molecule has 0 aliphatic rings. The third-order valence-corrected chi connectivity index (χ3v) is 2.64. The number of imidazole rings is 1. The molecule has 0 unspecified atom stereocenters. The van der Waals surface area contributed by atoms with Crippen molar-refractivity contribution in [1.82, 2.24) is 19.7 Å². The smallest absolute Gasteiger partial charge is 0.235 e. The number of nitrogens with one attached hydrogen (secondary N) is 1. The lowest BCUT2D eigenvalue weighted by atomic mass is 10.4. The predicted molar refractivity (Wildman–Crippen MR) is 58.2 cm³/mol. The number of hydrogen-bond acceptors (Lipinski definition) is 3. The van der Waals surface area contributed by atoms with Gasteiger partial charge in [-0.25, -0.2) is 9.97 Å². The number of halogens is 1. The van der Waals surface area contributed by atoms with Crippen LogP contribution >= 0.6 is 15.9 Å². The Balaban J connectivity index is 2.66. The fourth-order valence-corrected chi connectivity index (χ4v) is 1.86. The van der Waals surface area contributed by atoms with Crippen LogP contribution in [0.2, 0.25) is 0 Å². The molecule has 0 aromatic carbocycles. The van der Waals surface area contributed by atoms with Crippen molar-refractivity contribution in [3.8, 4) is 0 Å². The van der Waals surface area contributed by atoms with Gasteiger partial charge in [0.25, 0.3) is 0 Å². The summed E-state index contributed by atoms with van der Waals surface area (Å²) in [5.41, 5.74) is 2.22. The highest BCUT2D eigenvalue weighted by molar-refractivity contribution is 9.10. The Morgan fingerprint density at radius 2 is 2.36 bits per heavy atom. The zero-order valence-corrected chi connectivity index (χ0v) is 9.67. The topological polar surface area (TPSA) is 42.2 Å². The Hall–Kier alpha value is -0.940. The Labute approximate surface area is 90.5 Å². The number of fused-ring (bicyclic) bond motifs is 1. The summed E-state index contributed by atoms with van der Waals surface area (Å²) in [5.74, 6) is 0.729. The van der Waals surface area contributed by atoms with Crippen molar-refractivity contribution in [3.05, 3.63) is 28.3 Å². The number of hydrogen-bond donors (Lipinski definition) is 1. The number of aromatic nitrogens is 3. The quantitative estimate of drug-likeness (QED) is 0.884. The van der Waals surface area contributed by atoms with Crippen LogP contribution in [0, 0.1) is 6.92 Å². The monoisotopic (exact) mass is 254 g/mol. The predicted octanol–water partition coefficient (Wildman–Crippen LogP) is 1.52. The zero-order chi connectivity index (χ0) is 10.1. The van der Waals surface area contributed by atoms with Crippen molar-refractivity contribution >= 4 is 21.7 Å². The molecule has 0 bridgehead atoms. The van der Waals surface area contributed by atoms with Crippen LogP contribution in [0.1, 0.15) is 11.3 Å². The van der Waals surface area contributed by atoms with Crippen molar-refractivity contribution in [2.75, 3.05) is 7.05 Å². The maximum absolute atomic E-state index is 4.30. The van der Waals surface area contributed by atoms with E-state index < -0.39 is 0 Å². The van der Waals surface area contributed by atoms with Gasteiger partial charge in [-0.05, 0) is 35.5 Å². The highest BCUT2D eigenvalue weighted by Gasteiger charge is 2.09. The van der Waals surface area contributed by atoms with E-state index in [1.54, 1.807) is 0 Å². The maximum atomic E-state index is 4.30. The van der Waals surface area contributed by atoms with Crippen molar-refractivity contribution in [1.29, 1.82) is 0 Å². The van der Waals surface area contributed by atoms with Crippen LogP contribution in [0.15, 0.2) is 17.0 Å². The second kappa shape index (κ2) is 3.67. The molecule has 2 aromatic heterocycles. The Morgan fingerprint density at radius 3 is 3.07 bits per heavy atom. The van der Waals surface area contributed by atoms with E-state index in [0.29, 0.717) is 0 Å². The minimum Gasteiger partial charge on any atom is -0.314 e. The summed E-state index contributed by atoms with van der Waals surface area (Å²) in [6, 6.07) is 0. The van der Waals surface area contributed by atoms with Gasteiger partial charge in [0.1, 0.15) is 4.60 Å². The van der Waals surface area contributed by atoms with E-state index in [-0.39, 0.29) is 0 Å². The van der Waals surface area contributed by atoms with Gasteiger partial charge in [-0.15, -0.1) is 0 Å². The molecule has 0 amide bonds. The molecule has 5 heteroatoms. The molecule has 2 heterocycles. The molecule has 74 valence electrons. The third-order valence-electron chi connectivity index (χ3n) is 2.00. The molecule has 0 fully saturated rings. The highest BCUT2D eigenvalue weighted by atomic mass is 79.9. The number of aryl methyl sites for hydroxylation is 1. The summed E-state index contributed by atoms with van der Waals surface area (Å²) in [7, 11) is 1.91. The molecule has 2 aromatic rings. The van der Waals surface area contributed by atoms with E-state index in [2.05, 4.69) is 31.2 Å². The van der Waals surface area contributed by atoms with E-state index in [0.717, 1.165) is 28.2 Å². The van der Waals surface area contributed by atoms with Crippen LogP contribution in [0.4, 0.5) is 0 Å². The van der Waals surface area contributed by atoms with Gasteiger partial charge in [0.15, 0.2) is 0 Å². The molecule has 2 rings (SSSR count). The molecule has 4 nitrogen and oxygen atoms in total. The van der Waals surface area contributed by atoms with Crippen molar-refractivity contribution in [3.63, 3.8) is 0 Å². The Kier molecular flexibility index (Phi) is 2.52. The summed E-state index contributed by atoms with van der Waals surface area (Å²) in [5, 5.41) is 3.10. The maximum Gasteiger partial charge on any atom is 0.235 e. The minimum atomic E-state index is 0.729. The molecule has 0 saturated heterocycles. The first-order valence-corrected chi connectivity index (χ1v) is 5.15. The third kappa shape index (κ3) is 1.53. The highest BCUT2D eigenvalue weighted by Crippen LogP contribution is 2.17. The van der Waals surface area contributed by atoms with E-state index in [1.807, 2.05) is 30.8 Å². The number of rotatable bonds is 2. The summed E-state index contributed by atoms with van der Waals surface area (Å²) < 4.78 is 2.85. The van der Waals surface area contributed by atoms with Gasteiger partial charge >= 0.3 is 0 Å². The average molecular weight is 255 g/mol. The average Bonchev–Trinajstić information content (AvgIpc) is 2.45. The van der Waals surface area contributed by atoms with E-state index in [1.165, 1.54) is 0 Å². The van der Waals surface area contributed by atoms with Gasteiger partial charge < -0.3 is 5.32 Å². The lowest BCUT2D eigenvalue weighted by Crippen LogP contribution is -2.08. The van der Waals surface area contributed by atoms with E-state index >= 15 is 0 Å². The standard InChI is InChI=1S/C9H11BrN4/c1-6-3-12-9-13-8(10)7(4-11-2)14(9)5-6/h3,5,11H,4H2,1-2H3. The molecule has 14 heavy (non-hydrogen) atoms. The molecular formula is C9H11BrN4. The summed E-state index contributed by atoms with van der Waals surface area (Å²) >= 11 is 3.42. The van der Waals surface area contributed by atoms with Gasteiger partial charge in [-0.2, -0.15) is 0 Å². The summed E-state index contributed by atoms with van der Waals surface area (Å²) in [4.78, 5) is 8.54. The van der Waals surface area contributed by atoms with Crippen LogP contribution in [-0.4, -0.2) is 21.4 Å². The van der Waals surface area contributed by atoms with Crippen molar-refractivity contribution < 1.29 is 0 Å². The van der Waals surface area contributed by atoms with Crippen LogP contribution in [0.25, 0.3) is 5.78 Å². The summed E-state index contributed by atoms with van der Waals surface area (Å²) in [6.45, 7) is 2.79. The first-order valence-electron chi connectivity index (χ1n) is 4.36. The fraction of sp³-hybridized carbons (Fsp3) is 0.333. The Morgan fingerprint density at radius 1 is 1.57 bits per heavy atom. The first kappa shape index (κ1) is 9.61. The van der Waals surface area contributed by atoms with Gasteiger partial charge in [0, 0.05) is 18.9 Å². The SMILES string of the molecule is CNCc1c(Br)nc2ncc(C)cn12. The van der Waals surface area contributed by atoms with E-state index in [4.69, 9.17) is 0 Å². The molecule has 1 N–H and O–H groups in total.